The number of nitrogens with zero attached hydrogens (tertiary/aromatic N) is 1. The van der Waals surface area contributed by atoms with Gasteiger partial charge in [0, 0.05) is 11.6 Å². The molecule has 0 saturated heterocycles. The molecule has 0 aliphatic heterocycles. The molecule has 2 rings (SSSR count). The molecule has 0 spiro atoms. The maximum atomic E-state index is 13.2. The second-order valence-corrected chi connectivity index (χ2v) is 8.42. The molecule has 0 saturated carbocycles. The van der Waals surface area contributed by atoms with E-state index in [1.165, 1.54) is 24.3 Å². The van der Waals surface area contributed by atoms with E-state index in [9.17, 15) is 17.6 Å². The van der Waals surface area contributed by atoms with Crippen molar-refractivity contribution >= 4 is 33.2 Å². The first-order chi connectivity index (χ1) is 12.7. The van der Waals surface area contributed by atoms with Gasteiger partial charge >= 0.3 is 0 Å². The van der Waals surface area contributed by atoms with E-state index in [-0.39, 0.29) is 12.1 Å². The first-order valence-corrected chi connectivity index (χ1v) is 10.7. The van der Waals surface area contributed by atoms with Gasteiger partial charge in [0.15, 0.2) is 0 Å². The zero-order valence-electron chi connectivity index (χ0n) is 15.2. The highest BCUT2D eigenvalue weighted by molar-refractivity contribution is 7.92. The van der Waals surface area contributed by atoms with Crippen LogP contribution in [0.25, 0.3) is 0 Å². The molecule has 8 heteroatoms. The monoisotopic (exact) mass is 412 g/mol. The van der Waals surface area contributed by atoms with Crippen molar-refractivity contribution < 1.29 is 17.6 Å². The molecule has 0 heterocycles. The molecule has 1 N–H and O–H groups in total. The third-order valence-corrected chi connectivity index (χ3v) is 5.47. The Morgan fingerprint density at radius 2 is 1.74 bits per heavy atom. The molecule has 27 heavy (non-hydrogen) atoms. The van der Waals surface area contributed by atoms with Crippen molar-refractivity contribution in [3.63, 3.8) is 0 Å². The molecule has 1 atom stereocenters. The van der Waals surface area contributed by atoms with Crippen LogP contribution in [0.4, 0.5) is 10.1 Å². The van der Waals surface area contributed by atoms with E-state index >= 15 is 0 Å². The van der Waals surface area contributed by atoms with Gasteiger partial charge in [0.2, 0.25) is 15.9 Å². The van der Waals surface area contributed by atoms with Crippen molar-refractivity contribution in [3.05, 3.63) is 64.9 Å². The van der Waals surface area contributed by atoms with Crippen LogP contribution in [-0.2, 0) is 21.2 Å². The molecule has 0 aliphatic rings. The van der Waals surface area contributed by atoms with Gasteiger partial charge in [-0.15, -0.1) is 0 Å². The molecule has 0 radical (unpaired) electrons. The molecule has 146 valence electrons. The number of halogens is 2. The summed E-state index contributed by atoms with van der Waals surface area (Å²) >= 11 is 5.85. The lowest BCUT2D eigenvalue weighted by Crippen LogP contribution is -2.49. The van der Waals surface area contributed by atoms with Gasteiger partial charge < -0.3 is 5.32 Å². The summed E-state index contributed by atoms with van der Waals surface area (Å²) in [4.78, 5) is 12.6. The normalized spacial score (nSPS) is 12.4. The van der Waals surface area contributed by atoms with Crippen molar-refractivity contribution in [3.8, 4) is 0 Å². The van der Waals surface area contributed by atoms with Gasteiger partial charge in [-0.2, -0.15) is 0 Å². The number of benzene rings is 2. The predicted octanol–water partition coefficient (Wildman–Crippen LogP) is 3.38. The fourth-order valence-electron chi connectivity index (χ4n) is 2.75. The quantitative estimate of drug-likeness (QED) is 0.722. The summed E-state index contributed by atoms with van der Waals surface area (Å²) in [5.74, 6) is -0.881. The fraction of sp³-hybridized carbons (Fsp3) is 0.316. The van der Waals surface area contributed by atoms with Gasteiger partial charge in [0.1, 0.15) is 11.9 Å². The number of rotatable bonds is 8. The Kier molecular flexibility index (Phi) is 7.21. The maximum absolute atomic E-state index is 13.2. The lowest BCUT2D eigenvalue weighted by Gasteiger charge is -2.30. The van der Waals surface area contributed by atoms with Crippen LogP contribution in [0.15, 0.2) is 48.5 Å². The van der Waals surface area contributed by atoms with Crippen LogP contribution in [-0.4, -0.2) is 33.2 Å². The van der Waals surface area contributed by atoms with Gasteiger partial charge in [-0.05, 0) is 54.8 Å². The van der Waals surface area contributed by atoms with Crippen LogP contribution < -0.4 is 9.62 Å². The Hall–Kier alpha value is -2.12. The van der Waals surface area contributed by atoms with E-state index in [0.29, 0.717) is 18.0 Å². The lowest BCUT2D eigenvalue weighted by molar-refractivity contribution is -0.122. The van der Waals surface area contributed by atoms with Gasteiger partial charge in [0.05, 0.1) is 11.9 Å². The van der Waals surface area contributed by atoms with Crippen LogP contribution >= 0.6 is 11.6 Å². The number of anilines is 1. The molecule has 0 aliphatic carbocycles. The maximum Gasteiger partial charge on any atom is 0.243 e. The molecule has 5 nitrogen and oxygen atoms in total. The molecule has 0 aromatic heterocycles. The third-order valence-electron chi connectivity index (χ3n) is 4.04. The average molecular weight is 413 g/mol. The Balaban J connectivity index is 2.11. The molecule has 1 unspecified atom stereocenters. The second kappa shape index (κ2) is 9.19. The Labute approximate surface area is 164 Å². The van der Waals surface area contributed by atoms with E-state index in [2.05, 4.69) is 5.32 Å². The standard InChI is InChI=1S/C19H22ClFN2O3S/c1-3-18(19(24)22-13-12-14-4-6-15(20)7-5-14)23(27(2,25)26)17-10-8-16(21)9-11-17/h4-11,18H,3,12-13H2,1-2H3,(H,22,24). The van der Waals surface area contributed by atoms with Crippen molar-refractivity contribution in [1.29, 1.82) is 0 Å². The van der Waals surface area contributed by atoms with Gasteiger partial charge in [-0.1, -0.05) is 30.7 Å². The first-order valence-electron chi connectivity index (χ1n) is 8.49. The van der Waals surface area contributed by atoms with Crippen LogP contribution in [0.2, 0.25) is 5.02 Å². The summed E-state index contributed by atoms with van der Waals surface area (Å²) in [6, 6.07) is 11.4. The van der Waals surface area contributed by atoms with E-state index in [4.69, 9.17) is 11.6 Å². The highest BCUT2D eigenvalue weighted by Crippen LogP contribution is 2.22. The number of carbonyl (C=O) groups excluding carboxylic acids is 1. The minimum Gasteiger partial charge on any atom is -0.354 e. The SMILES string of the molecule is CCC(C(=O)NCCc1ccc(Cl)cc1)N(c1ccc(F)cc1)S(C)(=O)=O. The fourth-order valence-corrected chi connectivity index (χ4v) is 4.08. The van der Waals surface area contributed by atoms with Gasteiger partial charge in [-0.3, -0.25) is 9.10 Å². The highest BCUT2D eigenvalue weighted by Gasteiger charge is 2.31. The summed E-state index contributed by atoms with van der Waals surface area (Å²) in [5, 5.41) is 3.41. The van der Waals surface area contributed by atoms with Crippen molar-refractivity contribution in [1.82, 2.24) is 5.32 Å². The Bertz CT molecular complexity index is 871. The topological polar surface area (TPSA) is 66.5 Å². The number of carbonyl (C=O) groups is 1. The number of hydrogen-bond donors (Lipinski definition) is 1. The lowest BCUT2D eigenvalue weighted by atomic mass is 10.1. The largest absolute Gasteiger partial charge is 0.354 e. The number of hydrogen-bond acceptors (Lipinski definition) is 3. The zero-order valence-corrected chi connectivity index (χ0v) is 16.7. The van der Waals surface area contributed by atoms with Crippen LogP contribution in [0.5, 0.6) is 0 Å². The third kappa shape index (κ3) is 5.94. The Morgan fingerprint density at radius 1 is 1.15 bits per heavy atom. The average Bonchev–Trinajstić information content (AvgIpc) is 2.61. The molecular formula is C19H22ClFN2O3S. The van der Waals surface area contributed by atoms with Crippen LogP contribution in [0.1, 0.15) is 18.9 Å². The number of nitrogens with one attached hydrogen (secondary N) is 1. The van der Waals surface area contributed by atoms with Crippen molar-refractivity contribution in [2.24, 2.45) is 0 Å². The predicted molar refractivity (Wildman–Crippen MR) is 106 cm³/mol. The molecule has 0 fully saturated rings. The van der Waals surface area contributed by atoms with Crippen LogP contribution in [0, 0.1) is 5.82 Å². The number of amides is 1. The first kappa shape index (κ1) is 21.2. The highest BCUT2D eigenvalue weighted by atomic mass is 35.5. The molecular weight excluding hydrogens is 391 g/mol. The van der Waals surface area contributed by atoms with E-state index < -0.39 is 27.8 Å². The summed E-state index contributed by atoms with van der Waals surface area (Å²) in [6.45, 7) is 2.09. The second-order valence-electron chi connectivity index (χ2n) is 6.13. The van der Waals surface area contributed by atoms with E-state index in [1.807, 2.05) is 12.1 Å². The van der Waals surface area contributed by atoms with Gasteiger partial charge in [0.25, 0.3) is 0 Å². The minimum absolute atomic E-state index is 0.249. The van der Waals surface area contributed by atoms with Crippen molar-refractivity contribution in [2.45, 2.75) is 25.8 Å². The molecule has 2 aromatic carbocycles. The van der Waals surface area contributed by atoms with Crippen molar-refractivity contribution in [2.75, 3.05) is 17.1 Å². The summed E-state index contributed by atoms with van der Waals surface area (Å²) in [5.41, 5.74) is 1.25. The number of sulfonamides is 1. The Morgan fingerprint density at radius 3 is 2.26 bits per heavy atom. The zero-order chi connectivity index (χ0) is 20.0. The summed E-state index contributed by atoms with van der Waals surface area (Å²) in [6.07, 6.45) is 1.89. The molecule has 2 aromatic rings. The summed E-state index contributed by atoms with van der Waals surface area (Å²) in [7, 11) is -3.73. The van der Waals surface area contributed by atoms with Gasteiger partial charge in [-0.25, -0.2) is 12.8 Å². The minimum atomic E-state index is -3.73. The molecule has 1 amide bonds. The summed E-state index contributed by atoms with van der Waals surface area (Å²) < 4.78 is 38.8. The van der Waals surface area contributed by atoms with E-state index in [1.54, 1.807) is 19.1 Å². The molecule has 0 bridgehead atoms. The van der Waals surface area contributed by atoms with Crippen LogP contribution in [0.3, 0.4) is 0 Å². The smallest absolute Gasteiger partial charge is 0.243 e. The van der Waals surface area contributed by atoms with E-state index in [0.717, 1.165) is 16.1 Å².